The van der Waals surface area contributed by atoms with Crippen molar-refractivity contribution in [3.05, 3.63) is 87.0 Å². The number of benzene rings is 2. The Bertz CT molecular complexity index is 1170. The number of carbonyl (C=O) groups is 1. The van der Waals surface area contributed by atoms with E-state index in [9.17, 15) is 22.8 Å². The van der Waals surface area contributed by atoms with Crippen molar-refractivity contribution in [1.29, 1.82) is 0 Å². The Morgan fingerprint density at radius 2 is 1.86 bits per heavy atom. The summed E-state index contributed by atoms with van der Waals surface area (Å²) in [5.74, 6) is -3.05. The molecule has 29 heavy (non-hydrogen) atoms. The number of nitrogens with zero attached hydrogens (tertiary/aromatic N) is 1. The lowest BCUT2D eigenvalue weighted by molar-refractivity contribution is -0.116. The van der Waals surface area contributed by atoms with Crippen LogP contribution in [-0.4, -0.2) is 15.9 Å². The van der Waals surface area contributed by atoms with Gasteiger partial charge in [-0.1, -0.05) is 36.0 Å². The number of amides is 1. The molecule has 1 amide bonds. The second-order valence-electron chi connectivity index (χ2n) is 6.48. The van der Waals surface area contributed by atoms with Crippen molar-refractivity contribution < 1.29 is 18.0 Å². The number of nitrogens with one attached hydrogen (secondary N) is 2. The highest BCUT2D eigenvalue weighted by Crippen LogP contribution is 2.36. The van der Waals surface area contributed by atoms with Crippen molar-refractivity contribution in [1.82, 2.24) is 9.97 Å². The molecule has 148 valence electrons. The van der Waals surface area contributed by atoms with E-state index in [0.717, 1.165) is 17.8 Å². The number of hydrogen-bond donors (Lipinski definition) is 2. The van der Waals surface area contributed by atoms with E-state index in [2.05, 4.69) is 15.3 Å². The maximum Gasteiger partial charge on any atom is 0.257 e. The minimum atomic E-state index is -0.888. The fraction of sp³-hybridized carbons (Fsp3) is 0.150. The predicted octanol–water partition coefficient (Wildman–Crippen LogP) is 3.95. The molecule has 1 aromatic heterocycles. The molecule has 0 fully saturated rings. The first-order chi connectivity index (χ1) is 13.9. The van der Waals surface area contributed by atoms with Crippen molar-refractivity contribution in [2.45, 2.75) is 23.2 Å². The molecule has 0 saturated heterocycles. The molecule has 0 radical (unpaired) electrons. The van der Waals surface area contributed by atoms with E-state index in [1.54, 1.807) is 18.2 Å². The van der Waals surface area contributed by atoms with E-state index >= 15 is 0 Å². The molecular weight excluding hydrogens is 403 g/mol. The summed E-state index contributed by atoms with van der Waals surface area (Å²) in [6.45, 7) is 0. The molecule has 0 aliphatic carbocycles. The molecule has 1 aliphatic heterocycles. The van der Waals surface area contributed by atoms with Crippen LogP contribution in [0, 0.1) is 17.5 Å². The summed E-state index contributed by atoms with van der Waals surface area (Å²) in [5, 5.41) is 2.72. The number of fused-ring (bicyclic) bond motifs is 1. The minimum absolute atomic E-state index is 0.0229. The third kappa shape index (κ3) is 3.91. The third-order valence-electron chi connectivity index (χ3n) is 4.59. The molecule has 5 nitrogen and oxygen atoms in total. The van der Waals surface area contributed by atoms with Crippen LogP contribution in [0.4, 0.5) is 19.0 Å². The lowest BCUT2D eigenvalue weighted by atomic mass is 9.86. The SMILES string of the molecule is O=C1CC(c2ccc(F)cc2F)c2c(nc(SCc3ccccc3F)[nH]c2=O)N1. The first-order valence-corrected chi connectivity index (χ1v) is 9.66. The Hall–Kier alpha value is -3.07. The molecule has 2 heterocycles. The van der Waals surface area contributed by atoms with E-state index in [1.807, 2.05) is 0 Å². The highest BCUT2D eigenvalue weighted by molar-refractivity contribution is 7.98. The number of halogens is 3. The Kier molecular flexibility index (Phi) is 5.14. The van der Waals surface area contributed by atoms with Crippen LogP contribution in [0.5, 0.6) is 0 Å². The lowest BCUT2D eigenvalue weighted by Crippen LogP contribution is -2.31. The predicted molar refractivity (Wildman–Crippen MR) is 102 cm³/mol. The molecule has 2 N–H and O–H groups in total. The van der Waals surface area contributed by atoms with Gasteiger partial charge in [0.2, 0.25) is 5.91 Å². The van der Waals surface area contributed by atoms with Gasteiger partial charge in [-0.15, -0.1) is 0 Å². The maximum absolute atomic E-state index is 14.3. The van der Waals surface area contributed by atoms with E-state index in [-0.39, 0.29) is 40.1 Å². The van der Waals surface area contributed by atoms with Crippen molar-refractivity contribution >= 4 is 23.5 Å². The summed E-state index contributed by atoms with van der Waals surface area (Å²) in [4.78, 5) is 31.7. The van der Waals surface area contributed by atoms with Crippen molar-refractivity contribution in [2.75, 3.05) is 5.32 Å². The second kappa shape index (κ2) is 7.75. The topological polar surface area (TPSA) is 74.8 Å². The molecule has 4 rings (SSSR count). The van der Waals surface area contributed by atoms with Gasteiger partial charge in [0.05, 0.1) is 5.56 Å². The quantitative estimate of drug-likeness (QED) is 0.498. The van der Waals surface area contributed by atoms with Gasteiger partial charge in [0.15, 0.2) is 5.16 Å². The molecule has 9 heteroatoms. The minimum Gasteiger partial charge on any atom is -0.310 e. The van der Waals surface area contributed by atoms with Gasteiger partial charge < -0.3 is 10.3 Å². The zero-order valence-corrected chi connectivity index (χ0v) is 15.7. The third-order valence-corrected chi connectivity index (χ3v) is 5.51. The van der Waals surface area contributed by atoms with Crippen LogP contribution in [-0.2, 0) is 10.5 Å². The molecule has 1 atom stereocenters. The summed E-state index contributed by atoms with van der Waals surface area (Å²) in [7, 11) is 0. The molecule has 0 bridgehead atoms. The Morgan fingerprint density at radius 3 is 2.62 bits per heavy atom. The van der Waals surface area contributed by atoms with E-state index in [1.165, 1.54) is 12.1 Å². The normalized spacial score (nSPS) is 15.7. The first-order valence-electron chi connectivity index (χ1n) is 8.67. The smallest absolute Gasteiger partial charge is 0.257 e. The number of anilines is 1. The van der Waals surface area contributed by atoms with Gasteiger partial charge in [-0.3, -0.25) is 9.59 Å². The highest BCUT2D eigenvalue weighted by atomic mass is 32.2. The Balaban J connectivity index is 1.69. The Morgan fingerprint density at radius 1 is 1.07 bits per heavy atom. The van der Waals surface area contributed by atoms with E-state index < -0.39 is 29.0 Å². The van der Waals surface area contributed by atoms with Crippen LogP contribution >= 0.6 is 11.8 Å². The monoisotopic (exact) mass is 417 g/mol. The van der Waals surface area contributed by atoms with Crippen LogP contribution in [0.3, 0.4) is 0 Å². The number of aromatic nitrogens is 2. The molecular formula is C20H14F3N3O2S. The lowest BCUT2D eigenvalue weighted by Gasteiger charge is -2.24. The molecule has 1 unspecified atom stereocenters. The largest absolute Gasteiger partial charge is 0.310 e. The van der Waals surface area contributed by atoms with Crippen LogP contribution in [0.25, 0.3) is 0 Å². The molecule has 0 spiro atoms. The van der Waals surface area contributed by atoms with Crippen molar-refractivity contribution in [2.24, 2.45) is 0 Å². The summed E-state index contributed by atoms with van der Waals surface area (Å²) >= 11 is 1.10. The van der Waals surface area contributed by atoms with Gasteiger partial charge in [0.1, 0.15) is 23.3 Å². The maximum atomic E-state index is 14.3. The van der Waals surface area contributed by atoms with E-state index in [0.29, 0.717) is 11.6 Å². The number of carbonyl (C=O) groups excluding carboxylic acids is 1. The van der Waals surface area contributed by atoms with E-state index in [4.69, 9.17) is 0 Å². The number of H-pyrrole nitrogens is 1. The van der Waals surface area contributed by atoms with Crippen LogP contribution in [0.1, 0.15) is 29.0 Å². The highest BCUT2D eigenvalue weighted by Gasteiger charge is 2.32. The summed E-state index contributed by atoms with van der Waals surface area (Å²) < 4.78 is 41.3. The first kappa shape index (κ1) is 19.3. The van der Waals surface area contributed by atoms with Crippen LogP contribution in [0.2, 0.25) is 0 Å². The van der Waals surface area contributed by atoms with Crippen molar-refractivity contribution in [3.8, 4) is 0 Å². The van der Waals surface area contributed by atoms with Gasteiger partial charge in [0, 0.05) is 24.2 Å². The summed E-state index contributed by atoms with van der Waals surface area (Å²) in [6, 6.07) is 9.23. The van der Waals surface area contributed by atoms with Crippen molar-refractivity contribution in [3.63, 3.8) is 0 Å². The standard InChI is InChI=1S/C20H14F3N3O2S/c21-11-5-6-12(15(23)7-11)13-8-16(27)24-18-17(13)19(28)26-20(25-18)29-9-10-3-1-2-4-14(10)22/h1-7,13H,8-9H2,(H2,24,25,26,27,28). The molecule has 0 saturated carbocycles. The molecule has 2 aromatic carbocycles. The van der Waals surface area contributed by atoms with Gasteiger partial charge in [-0.2, -0.15) is 0 Å². The average Bonchev–Trinajstić information content (AvgIpc) is 2.66. The number of hydrogen-bond acceptors (Lipinski definition) is 4. The zero-order valence-electron chi connectivity index (χ0n) is 14.8. The molecule has 1 aliphatic rings. The fourth-order valence-electron chi connectivity index (χ4n) is 3.23. The van der Waals surface area contributed by atoms with Crippen LogP contribution in [0.15, 0.2) is 52.4 Å². The molecule has 3 aromatic rings. The number of aromatic amines is 1. The second-order valence-corrected chi connectivity index (χ2v) is 7.45. The number of rotatable bonds is 4. The number of thioether (sulfide) groups is 1. The van der Waals surface area contributed by atoms with Gasteiger partial charge >= 0.3 is 0 Å². The van der Waals surface area contributed by atoms with Gasteiger partial charge in [-0.05, 0) is 23.3 Å². The Labute approximate surface area is 167 Å². The zero-order chi connectivity index (χ0) is 20.5. The summed E-state index contributed by atoms with van der Waals surface area (Å²) in [6.07, 6.45) is -0.165. The fourth-order valence-corrected chi connectivity index (χ4v) is 4.08. The average molecular weight is 417 g/mol. The summed E-state index contributed by atoms with van der Waals surface area (Å²) in [5.41, 5.74) is 0.0415. The van der Waals surface area contributed by atoms with Crippen LogP contribution < -0.4 is 10.9 Å². The van der Waals surface area contributed by atoms with Gasteiger partial charge in [0.25, 0.3) is 5.56 Å². The van der Waals surface area contributed by atoms with Gasteiger partial charge in [-0.25, -0.2) is 18.2 Å².